The summed E-state index contributed by atoms with van der Waals surface area (Å²) in [6, 6.07) is 2.05. The summed E-state index contributed by atoms with van der Waals surface area (Å²) in [4.78, 5) is 29.6. The minimum Gasteiger partial charge on any atom is -0.342 e. The molecule has 4 rings (SSSR count). The fourth-order valence-electron chi connectivity index (χ4n) is 4.39. The third-order valence-corrected chi connectivity index (χ3v) is 6.72. The zero-order valence-electron chi connectivity index (χ0n) is 16.8. The van der Waals surface area contributed by atoms with Gasteiger partial charge in [0.05, 0.1) is 0 Å². The summed E-state index contributed by atoms with van der Waals surface area (Å²) in [5, 5.41) is 4.16. The number of rotatable bonds is 4. The molecule has 0 aromatic carbocycles. The molecule has 2 fully saturated rings. The first-order valence-corrected chi connectivity index (χ1v) is 11.2. The Morgan fingerprint density at radius 3 is 2.54 bits per heavy atom. The topological polar surface area (TPSA) is 71.0 Å². The quantitative estimate of drug-likeness (QED) is 0.815. The number of carbonyl (C=O) groups is 1. The first-order chi connectivity index (χ1) is 13.6. The maximum absolute atomic E-state index is 12.8. The number of amides is 1. The highest BCUT2D eigenvalue weighted by molar-refractivity contribution is 7.15. The Morgan fingerprint density at radius 2 is 1.86 bits per heavy atom. The summed E-state index contributed by atoms with van der Waals surface area (Å²) >= 11 is 1.62. The average molecular weight is 400 g/mol. The fraction of sp³-hybridized carbons (Fsp3) is 0.619. The van der Waals surface area contributed by atoms with Crippen molar-refractivity contribution in [1.29, 1.82) is 0 Å². The van der Waals surface area contributed by atoms with E-state index in [4.69, 9.17) is 4.98 Å². The Hall–Kier alpha value is -2.02. The molecular weight excluding hydrogens is 370 g/mol. The standard InChI is InChI=1S/C21H29N5OS/c1-14-13-22-21(28-14)25-19-12-18(23-15(2)24-19)16-8-10-26(11-9-16)20(27)17-6-4-3-5-7-17/h12-13,16-17H,3-11H2,1-2H3,(H,22,23,24,25). The van der Waals surface area contributed by atoms with Crippen LogP contribution in [0.5, 0.6) is 0 Å². The second-order valence-corrected chi connectivity index (χ2v) is 9.30. The van der Waals surface area contributed by atoms with Gasteiger partial charge >= 0.3 is 0 Å². The first-order valence-electron chi connectivity index (χ1n) is 10.4. The second-order valence-electron chi connectivity index (χ2n) is 8.06. The van der Waals surface area contributed by atoms with Crippen LogP contribution < -0.4 is 5.32 Å². The minimum absolute atomic E-state index is 0.268. The van der Waals surface area contributed by atoms with Crippen LogP contribution in [-0.4, -0.2) is 38.8 Å². The third kappa shape index (κ3) is 4.51. The molecule has 1 saturated carbocycles. The number of nitrogens with one attached hydrogen (secondary N) is 1. The molecule has 0 spiro atoms. The molecule has 1 saturated heterocycles. The van der Waals surface area contributed by atoms with Crippen molar-refractivity contribution in [2.75, 3.05) is 18.4 Å². The monoisotopic (exact) mass is 399 g/mol. The average Bonchev–Trinajstić information content (AvgIpc) is 3.12. The molecule has 1 aliphatic heterocycles. The number of anilines is 2. The van der Waals surface area contributed by atoms with Gasteiger partial charge in [-0.3, -0.25) is 4.79 Å². The van der Waals surface area contributed by atoms with E-state index in [1.807, 2.05) is 26.1 Å². The van der Waals surface area contributed by atoms with Crippen LogP contribution in [0.2, 0.25) is 0 Å². The molecule has 3 heterocycles. The number of thiazole rings is 1. The number of carbonyl (C=O) groups excluding carboxylic acids is 1. The molecule has 2 aromatic heterocycles. The molecule has 1 N–H and O–H groups in total. The Balaban J connectivity index is 1.39. The van der Waals surface area contributed by atoms with E-state index < -0.39 is 0 Å². The first kappa shape index (κ1) is 19.3. The number of likely N-dealkylation sites (tertiary alicyclic amines) is 1. The lowest BCUT2D eigenvalue weighted by Crippen LogP contribution is -2.42. The van der Waals surface area contributed by atoms with Gasteiger partial charge in [0.1, 0.15) is 11.6 Å². The van der Waals surface area contributed by atoms with Gasteiger partial charge < -0.3 is 10.2 Å². The summed E-state index contributed by atoms with van der Waals surface area (Å²) in [6.45, 7) is 5.67. The smallest absolute Gasteiger partial charge is 0.225 e. The van der Waals surface area contributed by atoms with Crippen LogP contribution >= 0.6 is 11.3 Å². The Bertz CT molecular complexity index is 822. The Morgan fingerprint density at radius 1 is 1.11 bits per heavy atom. The van der Waals surface area contributed by atoms with Crippen molar-refractivity contribution in [3.05, 3.63) is 28.7 Å². The number of nitrogens with zero attached hydrogens (tertiary/aromatic N) is 4. The van der Waals surface area contributed by atoms with E-state index in [1.54, 1.807) is 11.3 Å². The predicted octanol–water partition coefficient (Wildman–Crippen LogP) is 4.58. The summed E-state index contributed by atoms with van der Waals surface area (Å²) in [6.07, 6.45) is 9.68. The molecular formula is C21H29N5OS. The number of hydrogen-bond donors (Lipinski definition) is 1. The maximum Gasteiger partial charge on any atom is 0.225 e. The molecule has 1 amide bonds. The van der Waals surface area contributed by atoms with Gasteiger partial charge in [0.2, 0.25) is 5.91 Å². The molecule has 6 nitrogen and oxygen atoms in total. The summed E-state index contributed by atoms with van der Waals surface area (Å²) in [5.74, 6) is 2.62. The van der Waals surface area contributed by atoms with Gasteiger partial charge in [0.15, 0.2) is 5.13 Å². The molecule has 0 unspecified atom stereocenters. The van der Waals surface area contributed by atoms with Gasteiger partial charge in [-0.05, 0) is 39.5 Å². The normalized spacial score (nSPS) is 19.0. The second kappa shape index (κ2) is 8.55. The van der Waals surface area contributed by atoms with E-state index in [0.29, 0.717) is 11.8 Å². The van der Waals surface area contributed by atoms with Gasteiger partial charge in [0.25, 0.3) is 0 Å². The zero-order valence-corrected chi connectivity index (χ0v) is 17.6. The third-order valence-electron chi connectivity index (χ3n) is 5.89. The molecule has 0 atom stereocenters. The van der Waals surface area contributed by atoms with Crippen molar-refractivity contribution in [1.82, 2.24) is 19.9 Å². The SMILES string of the molecule is Cc1nc(Nc2ncc(C)s2)cc(C2CCN(C(=O)C3CCCCC3)CC2)n1. The van der Waals surface area contributed by atoms with E-state index in [0.717, 1.165) is 61.2 Å². The highest BCUT2D eigenvalue weighted by Crippen LogP contribution is 2.32. The van der Waals surface area contributed by atoms with Crippen molar-refractivity contribution in [3.8, 4) is 0 Å². The predicted molar refractivity (Wildman–Crippen MR) is 112 cm³/mol. The van der Waals surface area contributed by atoms with E-state index in [-0.39, 0.29) is 5.92 Å². The lowest BCUT2D eigenvalue weighted by molar-refractivity contribution is -0.137. The lowest BCUT2D eigenvalue weighted by atomic mass is 9.86. The summed E-state index contributed by atoms with van der Waals surface area (Å²) < 4.78 is 0. The van der Waals surface area contributed by atoms with Crippen LogP contribution in [0.4, 0.5) is 10.9 Å². The number of aryl methyl sites for hydroxylation is 2. The van der Waals surface area contributed by atoms with Gasteiger partial charge in [-0.25, -0.2) is 15.0 Å². The highest BCUT2D eigenvalue weighted by atomic mass is 32.1. The zero-order chi connectivity index (χ0) is 19.5. The van der Waals surface area contributed by atoms with Gasteiger partial charge in [0, 0.05) is 47.8 Å². The minimum atomic E-state index is 0.268. The van der Waals surface area contributed by atoms with Crippen molar-refractivity contribution < 1.29 is 4.79 Å². The molecule has 1 aliphatic carbocycles. The van der Waals surface area contributed by atoms with E-state index in [1.165, 1.54) is 24.1 Å². The van der Waals surface area contributed by atoms with Crippen LogP contribution in [0.3, 0.4) is 0 Å². The van der Waals surface area contributed by atoms with Crippen molar-refractivity contribution in [3.63, 3.8) is 0 Å². The maximum atomic E-state index is 12.8. The number of piperidine rings is 1. The van der Waals surface area contributed by atoms with E-state index >= 15 is 0 Å². The Kier molecular flexibility index (Phi) is 5.90. The van der Waals surface area contributed by atoms with Gasteiger partial charge in [-0.2, -0.15) is 0 Å². The van der Waals surface area contributed by atoms with Crippen LogP contribution in [0.25, 0.3) is 0 Å². The van der Waals surface area contributed by atoms with Crippen LogP contribution in [0.1, 0.15) is 67.3 Å². The fourth-order valence-corrected chi connectivity index (χ4v) is 5.06. The van der Waals surface area contributed by atoms with Crippen LogP contribution in [-0.2, 0) is 4.79 Å². The van der Waals surface area contributed by atoms with E-state index in [2.05, 4.69) is 20.2 Å². The van der Waals surface area contributed by atoms with Crippen LogP contribution in [0.15, 0.2) is 12.3 Å². The summed E-state index contributed by atoms with van der Waals surface area (Å²) in [7, 11) is 0. The summed E-state index contributed by atoms with van der Waals surface area (Å²) in [5.41, 5.74) is 1.08. The molecule has 0 bridgehead atoms. The molecule has 150 valence electrons. The van der Waals surface area contributed by atoms with Gasteiger partial charge in [-0.15, -0.1) is 11.3 Å². The lowest BCUT2D eigenvalue weighted by Gasteiger charge is -2.35. The Labute approximate surface area is 170 Å². The number of hydrogen-bond acceptors (Lipinski definition) is 6. The molecule has 28 heavy (non-hydrogen) atoms. The van der Waals surface area contributed by atoms with Crippen molar-refractivity contribution >= 4 is 28.2 Å². The molecule has 7 heteroatoms. The molecule has 0 radical (unpaired) electrons. The molecule has 2 aromatic rings. The van der Waals surface area contributed by atoms with Crippen LogP contribution in [0, 0.1) is 19.8 Å². The van der Waals surface area contributed by atoms with Crippen molar-refractivity contribution in [2.45, 2.75) is 64.7 Å². The van der Waals surface area contributed by atoms with E-state index in [9.17, 15) is 4.79 Å². The van der Waals surface area contributed by atoms with Gasteiger partial charge in [-0.1, -0.05) is 19.3 Å². The molecule has 2 aliphatic rings. The highest BCUT2D eigenvalue weighted by Gasteiger charge is 2.30. The number of aromatic nitrogens is 3. The largest absolute Gasteiger partial charge is 0.342 e. The van der Waals surface area contributed by atoms with Crippen molar-refractivity contribution in [2.24, 2.45) is 5.92 Å².